The van der Waals surface area contributed by atoms with Gasteiger partial charge >= 0.3 is 0 Å². The third-order valence-corrected chi connectivity index (χ3v) is 4.75. The first-order chi connectivity index (χ1) is 16.2. The lowest BCUT2D eigenvalue weighted by Gasteiger charge is -2.08. The average Bonchev–Trinajstić information content (AvgIpc) is 2.78. The first-order valence-electron chi connectivity index (χ1n) is 10.6. The van der Waals surface area contributed by atoms with Crippen molar-refractivity contribution >= 4 is 58.4 Å². The smallest absolute Gasteiger partial charge is 0.199 e. The molecule has 0 aromatic heterocycles. The van der Waals surface area contributed by atoms with Gasteiger partial charge in [-0.05, 0) is 48.5 Å². The zero-order valence-corrected chi connectivity index (χ0v) is 20.3. The fourth-order valence-electron chi connectivity index (χ4n) is 2.75. The number of rotatable bonds is 2. The van der Waals surface area contributed by atoms with Gasteiger partial charge in [0.15, 0.2) is 23.8 Å². The van der Waals surface area contributed by atoms with E-state index in [0.29, 0.717) is 21.4 Å². The molecule has 2 aromatic rings. The maximum atomic E-state index is 7.33. The van der Waals surface area contributed by atoms with Crippen molar-refractivity contribution in [2.75, 3.05) is 10.6 Å². The number of halogens is 2. The first-order valence-corrected chi connectivity index (χ1v) is 11.4. The van der Waals surface area contributed by atoms with E-state index in [2.05, 4.69) is 21.3 Å². The molecule has 12 heteroatoms. The molecule has 0 spiro atoms. The van der Waals surface area contributed by atoms with Crippen LogP contribution in [0.4, 0.5) is 11.4 Å². The fraction of sp³-hybridized carbons (Fsp3) is 0.273. The lowest BCUT2D eigenvalue weighted by atomic mass is 10.0. The zero-order chi connectivity index (χ0) is 25.3. The molecule has 1 fully saturated rings. The maximum Gasteiger partial charge on any atom is 0.199 e. The standard InChI is InChI=1S/2C8H10ClN5.C6H12/c2*9-5-1-3-6(4-2-5)13-8(12)14-7(10)11;1-2-4-6-5-3-1/h2*1-4H,(H6,10,11,12,13,14);1-6H2. The Morgan fingerprint density at radius 2 is 0.824 bits per heavy atom. The molecule has 0 atom stereocenters. The van der Waals surface area contributed by atoms with Gasteiger partial charge in [0, 0.05) is 21.4 Å². The molecule has 0 radical (unpaired) electrons. The molecule has 3 rings (SSSR count). The number of hydrogen-bond acceptors (Lipinski definition) is 4. The van der Waals surface area contributed by atoms with Crippen LogP contribution in [0.5, 0.6) is 0 Å². The molecule has 1 aliphatic carbocycles. The molecular weight excluding hydrogens is 475 g/mol. The van der Waals surface area contributed by atoms with Gasteiger partial charge in [0.25, 0.3) is 0 Å². The predicted octanol–water partition coefficient (Wildman–Crippen LogP) is 4.68. The number of nitrogens with two attached hydrogens (primary N) is 2. The first kappa shape index (κ1) is 28.5. The van der Waals surface area contributed by atoms with Crippen LogP contribution >= 0.6 is 23.2 Å². The van der Waals surface area contributed by atoms with Gasteiger partial charge < -0.3 is 22.1 Å². The summed E-state index contributed by atoms with van der Waals surface area (Å²) in [5, 5.41) is 39.7. The van der Waals surface area contributed by atoms with Crippen molar-refractivity contribution < 1.29 is 0 Å². The highest BCUT2D eigenvalue weighted by Gasteiger charge is 1.99. The Labute approximate surface area is 209 Å². The molecule has 0 saturated heterocycles. The van der Waals surface area contributed by atoms with Gasteiger partial charge in [-0.15, -0.1) is 0 Å². The van der Waals surface area contributed by atoms with Crippen LogP contribution in [0.1, 0.15) is 38.5 Å². The molecular formula is C22H32Cl2N10. The van der Waals surface area contributed by atoms with Gasteiger partial charge in [-0.1, -0.05) is 61.7 Å². The molecule has 184 valence electrons. The molecule has 34 heavy (non-hydrogen) atoms. The predicted molar refractivity (Wildman–Crippen MR) is 143 cm³/mol. The van der Waals surface area contributed by atoms with Crippen LogP contribution in [0.15, 0.2) is 48.5 Å². The van der Waals surface area contributed by atoms with Gasteiger partial charge in [-0.2, -0.15) is 0 Å². The summed E-state index contributed by atoms with van der Waals surface area (Å²) in [7, 11) is 0. The summed E-state index contributed by atoms with van der Waals surface area (Å²) >= 11 is 11.4. The summed E-state index contributed by atoms with van der Waals surface area (Å²) in [4.78, 5) is 0. The van der Waals surface area contributed by atoms with Crippen LogP contribution in [0.2, 0.25) is 10.0 Å². The highest BCUT2D eigenvalue weighted by atomic mass is 35.5. The SMILES string of the molecule is C1CCCCC1.N=C(N)NC(=N)Nc1ccc(Cl)cc1.N=C(N)NC(=N)Nc1ccc(Cl)cc1. The van der Waals surface area contributed by atoms with Crippen molar-refractivity contribution in [3.8, 4) is 0 Å². The second-order valence-electron chi connectivity index (χ2n) is 7.21. The highest BCUT2D eigenvalue weighted by molar-refractivity contribution is 6.31. The largest absolute Gasteiger partial charge is 0.370 e. The molecule has 12 N–H and O–H groups in total. The van der Waals surface area contributed by atoms with E-state index in [0.717, 1.165) is 0 Å². The summed E-state index contributed by atoms with van der Waals surface area (Å²) in [6.07, 6.45) is 9.00. The molecule has 0 unspecified atom stereocenters. The van der Waals surface area contributed by atoms with E-state index in [1.165, 1.54) is 38.5 Å². The van der Waals surface area contributed by atoms with Crippen molar-refractivity contribution in [1.29, 1.82) is 21.6 Å². The highest BCUT2D eigenvalue weighted by Crippen LogP contribution is 2.15. The Morgan fingerprint density at radius 3 is 1.06 bits per heavy atom. The lowest BCUT2D eigenvalue weighted by molar-refractivity contribution is 0.504. The monoisotopic (exact) mass is 506 g/mol. The van der Waals surface area contributed by atoms with E-state index in [-0.39, 0.29) is 23.8 Å². The minimum Gasteiger partial charge on any atom is -0.370 e. The van der Waals surface area contributed by atoms with E-state index < -0.39 is 0 Å². The normalized spacial score (nSPS) is 11.8. The summed E-state index contributed by atoms with van der Waals surface area (Å²) in [5.74, 6) is -0.674. The van der Waals surface area contributed by atoms with Crippen LogP contribution < -0.4 is 32.7 Å². The maximum absolute atomic E-state index is 7.33. The Kier molecular flexibility index (Phi) is 13.6. The quantitative estimate of drug-likeness (QED) is 0.207. The van der Waals surface area contributed by atoms with Gasteiger partial charge in [0.1, 0.15) is 0 Å². The van der Waals surface area contributed by atoms with Crippen molar-refractivity contribution in [1.82, 2.24) is 10.6 Å². The van der Waals surface area contributed by atoms with E-state index in [4.69, 9.17) is 56.3 Å². The summed E-state index contributed by atoms with van der Waals surface area (Å²) in [6, 6.07) is 13.7. The Hall–Kier alpha value is -3.50. The Morgan fingerprint density at radius 1 is 0.559 bits per heavy atom. The van der Waals surface area contributed by atoms with Crippen LogP contribution in [-0.4, -0.2) is 23.8 Å². The number of guanidine groups is 4. The zero-order valence-electron chi connectivity index (χ0n) is 18.8. The minimum atomic E-state index is -0.281. The molecule has 0 bridgehead atoms. The van der Waals surface area contributed by atoms with Crippen LogP contribution in [0.3, 0.4) is 0 Å². The van der Waals surface area contributed by atoms with Crippen molar-refractivity contribution in [2.24, 2.45) is 11.5 Å². The molecule has 10 nitrogen and oxygen atoms in total. The minimum absolute atomic E-state index is 0.0557. The fourth-order valence-corrected chi connectivity index (χ4v) is 3.00. The van der Waals surface area contributed by atoms with E-state index in [1.54, 1.807) is 48.5 Å². The molecule has 1 aliphatic rings. The Bertz CT molecular complexity index is 843. The van der Waals surface area contributed by atoms with Crippen molar-refractivity contribution in [2.45, 2.75) is 38.5 Å². The second-order valence-corrected chi connectivity index (χ2v) is 8.09. The van der Waals surface area contributed by atoms with E-state index >= 15 is 0 Å². The van der Waals surface area contributed by atoms with E-state index in [9.17, 15) is 0 Å². The Balaban J connectivity index is 0.000000274. The summed E-state index contributed by atoms with van der Waals surface area (Å²) in [5.41, 5.74) is 11.5. The van der Waals surface area contributed by atoms with E-state index in [1.807, 2.05) is 0 Å². The van der Waals surface area contributed by atoms with Crippen molar-refractivity contribution in [3.63, 3.8) is 0 Å². The number of benzene rings is 2. The third-order valence-electron chi connectivity index (χ3n) is 4.25. The number of anilines is 2. The number of nitrogens with one attached hydrogen (secondary N) is 8. The molecule has 0 amide bonds. The lowest BCUT2D eigenvalue weighted by Crippen LogP contribution is -2.39. The van der Waals surface area contributed by atoms with Crippen LogP contribution in [0, 0.1) is 21.6 Å². The van der Waals surface area contributed by atoms with Gasteiger partial charge in [0.2, 0.25) is 0 Å². The second kappa shape index (κ2) is 16.2. The van der Waals surface area contributed by atoms with Gasteiger partial charge in [0.05, 0.1) is 0 Å². The average molecular weight is 507 g/mol. The van der Waals surface area contributed by atoms with Gasteiger partial charge in [-0.3, -0.25) is 32.3 Å². The number of hydrogen-bond donors (Lipinski definition) is 10. The molecule has 0 aliphatic heterocycles. The summed E-state index contributed by atoms with van der Waals surface area (Å²) < 4.78 is 0. The third kappa shape index (κ3) is 14.5. The van der Waals surface area contributed by atoms with Crippen LogP contribution in [0.25, 0.3) is 0 Å². The van der Waals surface area contributed by atoms with Crippen LogP contribution in [-0.2, 0) is 0 Å². The van der Waals surface area contributed by atoms with Crippen molar-refractivity contribution in [3.05, 3.63) is 58.6 Å². The van der Waals surface area contributed by atoms with Gasteiger partial charge in [-0.25, -0.2) is 0 Å². The molecule has 0 heterocycles. The molecule has 1 saturated carbocycles. The summed E-state index contributed by atoms with van der Waals surface area (Å²) in [6.45, 7) is 0. The molecule has 2 aromatic carbocycles. The topological polar surface area (TPSA) is 196 Å².